The average Bonchev–Trinajstić information content (AvgIpc) is 2.42. The number of nitro groups is 1. The van der Waals surface area contributed by atoms with Gasteiger partial charge in [-0.05, 0) is 29.3 Å². The first-order valence-electron chi connectivity index (χ1n) is 6.05. The number of halogens is 3. The fraction of sp³-hybridized carbons (Fsp3) is 0.143. The van der Waals surface area contributed by atoms with Crippen LogP contribution in [0.2, 0.25) is 15.1 Å². The van der Waals surface area contributed by atoms with Gasteiger partial charge in [0.2, 0.25) is 0 Å². The zero-order chi connectivity index (χ0) is 15.4. The van der Waals surface area contributed by atoms with E-state index in [-0.39, 0.29) is 10.7 Å². The minimum absolute atomic E-state index is 0.0968. The van der Waals surface area contributed by atoms with Crippen molar-refractivity contribution in [3.8, 4) is 0 Å². The van der Waals surface area contributed by atoms with Gasteiger partial charge in [0.1, 0.15) is 5.02 Å². The Morgan fingerprint density at radius 3 is 2.43 bits per heavy atom. The van der Waals surface area contributed by atoms with E-state index in [1.165, 1.54) is 12.1 Å². The maximum Gasteiger partial charge on any atom is 0.288 e. The highest BCUT2D eigenvalue weighted by Crippen LogP contribution is 2.25. The SMILES string of the molecule is O=[N+]([O-])c1cc(CNCc2ccc(Cl)cc2Cl)ccc1Cl. The third kappa shape index (κ3) is 4.32. The highest BCUT2D eigenvalue weighted by atomic mass is 35.5. The number of rotatable bonds is 5. The number of hydrogen-bond donors (Lipinski definition) is 1. The lowest BCUT2D eigenvalue weighted by molar-refractivity contribution is -0.384. The molecule has 0 fully saturated rings. The molecular formula is C14H11Cl3N2O2. The van der Waals surface area contributed by atoms with Crippen LogP contribution >= 0.6 is 34.8 Å². The molecule has 2 rings (SSSR count). The lowest BCUT2D eigenvalue weighted by Crippen LogP contribution is -2.13. The van der Waals surface area contributed by atoms with Gasteiger partial charge in [-0.3, -0.25) is 10.1 Å². The fourth-order valence-electron chi connectivity index (χ4n) is 1.81. The van der Waals surface area contributed by atoms with Gasteiger partial charge in [-0.15, -0.1) is 0 Å². The first kappa shape index (κ1) is 16.0. The molecule has 0 radical (unpaired) electrons. The zero-order valence-corrected chi connectivity index (χ0v) is 13.0. The van der Waals surface area contributed by atoms with Crippen molar-refractivity contribution < 1.29 is 4.92 Å². The molecule has 0 aliphatic carbocycles. The van der Waals surface area contributed by atoms with Crippen molar-refractivity contribution in [3.63, 3.8) is 0 Å². The monoisotopic (exact) mass is 344 g/mol. The van der Waals surface area contributed by atoms with Gasteiger partial charge in [0, 0.05) is 29.2 Å². The largest absolute Gasteiger partial charge is 0.309 e. The molecule has 0 unspecified atom stereocenters. The van der Waals surface area contributed by atoms with Gasteiger partial charge in [0.15, 0.2) is 0 Å². The second-order valence-corrected chi connectivity index (χ2v) is 5.63. The van der Waals surface area contributed by atoms with Crippen molar-refractivity contribution in [2.75, 3.05) is 0 Å². The summed E-state index contributed by atoms with van der Waals surface area (Å²) in [5.74, 6) is 0. The van der Waals surface area contributed by atoms with E-state index in [0.717, 1.165) is 11.1 Å². The molecule has 0 atom stereocenters. The number of nitro benzene ring substituents is 1. The smallest absolute Gasteiger partial charge is 0.288 e. The third-order valence-corrected chi connectivity index (χ3v) is 3.77. The molecule has 21 heavy (non-hydrogen) atoms. The van der Waals surface area contributed by atoms with E-state index in [1.807, 2.05) is 6.07 Å². The van der Waals surface area contributed by atoms with Gasteiger partial charge in [-0.1, -0.05) is 46.9 Å². The Kier molecular flexibility index (Phi) is 5.42. The summed E-state index contributed by atoms with van der Waals surface area (Å²) in [5, 5.41) is 15.3. The van der Waals surface area contributed by atoms with E-state index in [4.69, 9.17) is 34.8 Å². The van der Waals surface area contributed by atoms with Gasteiger partial charge in [-0.25, -0.2) is 0 Å². The number of hydrogen-bond acceptors (Lipinski definition) is 3. The summed E-state index contributed by atoms with van der Waals surface area (Å²) in [7, 11) is 0. The van der Waals surface area contributed by atoms with Gasteiger partial charge < -0.3 is 5.32 Å². The highest BCUT2D eigenvalue weighted by molar-refractivity contribution is 6.35. The minimum Gasteiger partial charge on any atom is -0.309 e. The van der Waals surface area contributed by atoms with Crippen LogP contribution in [0.1, 0.15) is 11.1 Å². The molecular weight excluding hydrogens is 335 g/mol. The van der Waals surface area contributed by atoms with Crippen LogP contribution in [0.5, 0.6) is 0 Å². The van der Waals surface area contributed by atoms with Crippen LogP contribution in [-0.2, 0) is 13.1 Å². The van der Waals surface area contributed by atoms with Crippen molar-refractivity contribution in [1.29, 1.82) is 0 Å². The zero-order valence-electron chi connectivity index (χ0n) is 10.8. The van der Waals surface area contributed by atoms with Crippen LogP contribution in [0.25, 0.3) is 0 Å². The molecule has 0 bridgehead atoms. The van der Waals surface area contributed by atoms with Crippen molar-refractivity contribution in [2.45, 2.75) is 13.1 Å². The van der Waals surface area contributed by atoms with Crippen LogP contribution in [0, 0.1) is 10.1 Å². The second kappa shape index (κ2) is 7.09. The Balaban J connectivity index is 2.00. The summed E-state index contributed by atoms with van der Waals surface area (Å²) in [6.45, 7) is 1.00. The highest BCUT2D eigenvalue weighted by Gasteiger charge is 2.12. The number of nitrogens with one attached hydrogen (secondary N) is 1. The molecule has 0 aliphatic heterocycles. The molecule has 7 heteroatoms. The Labute approximate surface area is 136 Å². The quantitative estimate of drug-likeness (QED) is 0.623. The molecule has 0 aromatic heterocycles. The maximum atomic E-state index is 10.8. The molecule has 2 aromatic rings. The van der Waals surface area contributed by atoms with Crippen molar-refractivity contribution in [2.24, 2.45) is 0 Å². The Morgan fingerprint density at radius 1 is 1.00 bits per heavy atom. The van der Waals surface area contributed by atoms with E-state index in [0.29, 0.717) is 23.1 Å². The van der Waals surface area contributed by atoms with Crippen LogP contribution in [0.4, 0.5) is 5.69 Å². The molecule has 0 heterocycles. The van der Waals surface area contributed by atoms with Crippen LogP contribution < -0.4 is 5.32 Å². The van der Waals surface area contributed by atoms with Crippen LogP contribution in [0.3, 0.4) is 0 Å². The molecule has 0 spiro atoms. The molecule has 0 aliphatic rings. The van der Waals surface area contributed by atoms with Crippen molar-refractivity contribution in [1.82, 2.24) is 5.32 Å². The third-order valence-electron chi connectivity index (χ3n) is 2.87. The molecule has 2 aromatic carbocycles. The average molecular weight is 346 g/mol. The summed E-state index contributed by atoms with van der Waals surface area (Å²) in [6.07, 6.45) is 0. The standard InChI is InChI=1S/C14H11Cl3N2O2/c15-11-3-2-10(13(17)6-11)8-18-7-9-1-4-12(16)14(5-9)19(20)21/h1-6,18H,7-8H2. The normalized spacial score (nSPS) is 10.6. The summed E-state index contributed by atoms with van der Waals surface area (Å²) < 4.78 is 0. The first-order valence-corrected chi connectivity index (χ1v) is 7.18. The molecule has 4 nitrogen and oxygen atoms in total. The second-order valence-electron chi connectivity index (χ2n) is 4.38. The maximum absolute atomic E-state index is 10.8. The van der Waals surface area contributed by atoms with Crippen molar-refractivity contribution in [3.05, 3.63) is 72.7 Å². The molecule has 0 amide bonds. The van der Waals surface area contributed by atoms with Gasteiger partial charge in [0.25, 0.3) is 5.69 Å². The summed E-state index contributed by atoms with van der Waals surface area (Å²) in [4.78, 5) is 10.3. The van der Waals surface area contributed by atoms with E-state index < -0.39 is 4.92 Å². The van der Waals surface area contributed by atoms with Gasteiger partial charge in [-0.2, -0.15) is 0 Å². The van der Waals surface area contributed by atoms with Crippen LogP contribution in [-0.4, -0.2) is 4.92 Å². The molecule has 0 saturated carbocycles. The fourth-order valence-corrected chi connectivity index (χ4v) is 2.48. The van der Waals surface area contributed by atoms with Crippen molar-refractivity contribution >= 4 is 40.5 Å². The predicted octanol–water partition coefficient (Wildman–Crippen LogP) is 4.84. The molecule has 1 N–H and O–H groups in total. The number of nitrogens with zero attached hydrogens (tertiary/aromatic N) is 1. The minimum atomic E-state index is -0.498. The van der Waals surface area contributed by atoms with E-state index in [9.17, 15) is 10.1 Å². The van der Waals surface area contributed by atoms with Gasteiger partial charge in [0.05, 0.1) is 4.92 Å². The lowest BCUT2D eigenvalue weighted by atomic mass is 10.2. The van der Waals surface area contributed by atoms with E-state index in [1.54, 1.807) is 18.2 Å². The van der Waals surface area contributed by atoms with E-state index >= 15 is 0 Å². The Morgan fingerprint density at radius 2 is 1.76 bits per heavy atom. The Hall–Kier alpha value is -1.33. The predicted molar refractivity (Wildman–Crippen MR) is 85.1 cm³/mol. The summed E-state index contributed by atoms with van der Waals surface area (Å²) >= 11 is 17.7. The first-order chi connectivity index (χ1) is 9.97. The number of benzene rings is 2. The lowest BCUT2D eigenvalue weighted by Gasteiger charge is -2.07. The van der Waals surface area contributed by atoms with Crippen LogP contribution in [0.15, 0.2) is 36.4 Å². The summed E-state index contributed by atoms with van der Waals surface area (Å²) in [6, 6.07) is 9.99. The molecule has 0 saturated heterocycles. The topological polar surface area (TPSA) is 55.2 Å². The Bertz CT molecular complexity index is 677. The summed E-state index contributed by atoms with van der Waals surface area (Å²) in [5.41, 5.74) is 1.58. The van der Waals surface area contributed by atoms with Gasteiger partial charge >= 0.3 is 0 Å². The molecule has 110 valence electrons. The van der Waals surface area contributed by atoms with E-state index in [2.05, 4.69) is 5.32 Å².